The molecule has 0 bridgehead atoms. The van der Waals surface area contributed by atoms with Gasteiger partial charge in [0.05, 0.1) is 24.1 Å². The Labute approximate surface area is 330 Å². The number of hydrogen-bond acceptors (Lipinski definition) is 12. The second-order valence-corrected chi connectivity index (χ2v) is 15.6. The number of ketones is 3. The van der Waals surface area contributed by atoms with E-state index >= 15 is 8.78 Å². The van der Waals surface area contributed by atoms with Crippen LogP contribution in [0.5, 0.6) is 0 Å². The van der Waals surface area contributed by atoms with Crippen LogP contribution in [-0.4, -0.2) is 90.3 Å². The molecular formula is C40H54F2N8O7. The SMILES string of the molecule is CC[C@H](C)[C@H](N)C(=O)C(c1ccccn1)N(C(=O)[C@H](Cc1ccccc1)NC(=O)OC(C)(C)C)C(=O)C(F)(F)C(=O)C(N)(CC(C)C)C(=O)[C@H](N)Cc1cnc[nH]1. The van der Waals surface area contributed by atoms with Crippen LogP contribution in [0.4, 0.5) is 13.6 Å². The molecule has 310 valence electrons. The van der Waals surface area contributed by atoms with Crippen molar-refractivity contribution in [2.45, 2.75) is 115 Å². The number of aromatic amines is 1. The highest BCUT2D eigenvalue weighted by Crippen LogP contribution is 2.34. The summed E-state index contributed by atoms with van der Waals surface area (Å²) in [4.78, 5) is 95.9. The molecule has 0 fully saturated rings. The summed E-state index contributed by atoms with van der Waals surface area (Å²) in [5.74, 6) is -15.3. The molecule has 15 nitrogen and oxygen atoms in total. The number of imide groups is 1. The van der Waals surface area contributed by atoms with Gasteiger partial charge >= 0.3 is 17.9 Å². The Morgan fingerprint density at radius 3 is 2.11 bits per heavy atom. The predicted octanol–water partition coefficient (Wildman–Crippen LogP) is 3.37. The number of amides is 3. The summed E-state index contributed by atoms with van der Waals surface area (Å²) in [5, 5.41) is 2.36. The van der Waals surface area contributed by atoms with E-state index in [2.05, 4.69) is 20.3 Å². The zero-order chi connectivity index (χ0) is 42.9. The number of aromatic nitrogens is 3. The smallest absolute Gasteiger partial charge is 0.408 e. The fourth-order valence-electron chi connectivity index (χ4n) is 6.21. The van der Waals surface area contributed by atoms with Crippen molar-refractivity contribution in [1.29, 1.82) is 0 Å². The highest BCUT2D eigenvalue weighted by atomic mass is 19.3. The van der Waals surface area contributed by atoms with Crippen LogP contribution >= 0.6 is 0 Å². The van der Waals surface area contributed by atoms with Gasteiger partial charge < -0.3 is 32.2 Å². The maximum Gasteiger partial charge on any atom is 0.408 e. The highest BCUT2D eigenvalue weighted by Gasteiger charge is 2.62. The van der Waals surface area contributed by atoms with Gasteiger partial charge in [0, 0.05) is 30.9 Å². The molecule has 8 N–H and O–H groups in total. The third-order valence-corrected chi connectivity index (χ3v) is 9.27. The van der Waals surface area contributed by atoms with Crippen molar-refractivity contribution in [3.8, 4) is 0 Å². The van der Waals surface area contributed by atoms with Gasteiger partial charge in [0.1, 0.15) is 23.2 Å². The molecule has 2 aromatic heterocycles. The average molecular weight is 797 g/mol. The van der Waals surface area contributed by atoms with Crippen LogP contribution in [0.25, 0.3) is 0 Å². The van der Waals surface area contributed by atoms with Crippen molar-refractivity contribution in [2.24, 2.45) is 29.0 Å². The van der Waals surface area contributed by atoms with E-state index in [9.17, 15) is 28.8 Å². The third kappa shape index (κ3) is 11.6. The molecule has 2 unspecified atom stereocenters. The zero-order valence-electron chi connectivity index (χ0n) is 33.3. The lowest BCUT2D eigenvalue weighted by Crippen LogP contribution is -2.68. The van der Waals surface area contributed by atoms with Crippen molar-refractivity contribution in [1.82, 2.24) is 25.2 Å². The summed E-state index contributed by atoms with van der Waals surface area (Å²) >= 11 is 0. The van der Waals surface area contributed by atoms with Crippen LogP contribution in [0.3, 0.4) is 0 Å². The van der Waals surface area contributed by atoms with Gasteiger partial charge in [-0.05, 0) is 56.7 Å². The van der Waals surface area contributed by atoms with Gasteiger partial charge in [-0.2, -0.15) is 8.78 Å². The summed E-state index contributed by atoms with van der Waals surface area (Å²) in [7, 11) is 0. The first-order valence-corrected chi connectivity index (χ1v) is 18.6. The summed E-state index contributed by atoms with van der Waals surface area (Å²) in [6.45, 7) is 11.0. The van der Waals surface area contributed by atoms with Crippen molar-refractivity contribution in [3.05, 3.63) is 84.2 Å². The molecule has 17 heteroatoms. The predicted molar refractivity (Wildman–Crippen MR) is 206 cm³/mol. The van der Waals surface area contributed by atoms with Gasteiger partial charge in [-0.15, -0.1) is 0 Å². The van der Waals surface area contributed by atoms with E-state index in [1.165, 1.54) is 50.8 Å². The number of Topliss-reactive ketones (excluding diaryl/α,β-unsaturated/α-hetero) is 3. The average Bonchev–Trinajstić information content (AvgIpc) is 3.67. The lowest BCUT2D eigenvalue weighted by atomic mass is 9.76. The molecule has 0 radical (unpaired) electrons. The number of nitrogens with two attached hydrogens (primary N) is 3. The number of halogens is 2. The Hall–Kier alpha value is -5.26. The topological polar surface area (TPSA) is 247 Å². The number of alkyl halides is 2. The summed E-state index contributed by atoms with van der Waals surface area (Å²) < 4.78 is 39.5. The summed E-state index contributed by atoms with van der Waals surface area (Å²) in [6.07, 6.45) is 1.69. The molecule has 0 aliphatic rings. The zero-order valence-corrected chi connectivity index (χ0v) is 33.3. The largest absolute Gasteiger partial charge is 0.444 e. The molecule has 0 saturated heterocycles. The third-order valence-electron chi connectivity index (χ3n) is 9.27. The highest BCUT2D eigenvalue weighted by molar-refractivity contribution is 6.24. The van der Waals surface area contributed by atoms with Gasteiger partial charge in [-0.1, -0.05) is 70.5 Å². The van der Waals surface area contributed by atoms with E-state index < -0.39 is 101 Å². The number of imidazole rings is 1. The number of nitrogens with one attached hydrogen (secondary N) is 2. The molecule has 2 heterocycles. The van der Waals surface area contributed by atoms with Crippen LogP contribution in [-0.2, 0) is 41.6 Å². The molecule has 0 aliphatic carbocycles. The second kappa shape index (κ2) is 19.3. The van der Waals surface area contributed by atoms with Crippen LogP contribution in [0.15, 0.2) is 67.3 Å². The van der Waals surface area contributed by atoms with E-state index in [1.807, 2.05) is 0 Å². The van der Waals surface area contributed by atoms with Crippen molar-refractivity contribution < 1.29 is 42.3 Å². The Bertz CT molecular complexity index is 1860. The number of ether oxygens (including phenoxy) is 1. The first kappa shape index (κ1) is 46.1. The van der Waals surface area contributed by atoms with Crippen molar-refractivity contribution in [3.63, 3.8) is 0 Å². The van der Waals surface area contributed by atoms with Gasteiger partial charge in [0.25, 0.3) is 5.91 Å². The minimum absolute atomic E-state index is 0.0966. The Kier molecular flexibility index (Phi) is 15.6. The van der Waals surface area contributed by atoms with Gasteiger partial charge in [-0.3, -0.25) is 33.9 Å². The molecule has 3 amide bonds. The van der Waals surface area contributed by atoms with E-state index in [0.29, 0.717) is 17.7 Å². The molecular weight excluding hydrogens is 742 g/mol. The van der Waals surface area contributed by atoms with Gasteiger partial charge in [0.15, 0.2) is 11.6 Å². The second-order valence-electron chi connectivity index (χ2n) is 15.6. The van der Waals surface area contributed by atoms with Crippen LogP contribution in [0.1, 0.15) is 84.3 Å². The summed E-state index contributed by atoms with van der Waals surface area (Å²) in [6, 6.07) is 4.99. The molecule has 3 rings (SSSR count). The lowest BCUT2D eigenvalue weighted by Gasteiger charge is -2.37. The van der Waals surface area contributed by atoms with E-state index in [4.69, 9.17) is 21.9 Å². The monoisotopic (exact) mass is 796 g/mol. The normalized spacial score (nSPS) is 15.7. The molecule has 0 aliphatic heterocycles. The van der Waals surface area contributed by atoms with Crippen LogP contribution in [0.2, 0.25) is 0 Å². The van der Waals surface area contributed by atoms with Crippen molar-refractivity contribution in [2.75, 3.05) is 0 Å². The fourth-order valence-corrected chi connectivity index (χ4v) is 6.21. The Balaban J connectivity index is 2.31. The molecule has 3 aromatic rings. The Morgan fingerprint density at radius 2 is 1.58 bits per heavy atom. The maximum absolute atomic E-state index is 17.1. The summed E-state index contributed by atoms with van der Waals surface area (Å²) in [5.41, 5.74) is 15.1. The van der Waals surface area contributed by atoms with E-state index in [0.717, 1.165) is 0 Å². The fraction of sp³-hybridized carbons (Fsp3) is 0.500. The van der Waals surface area contributed by atoms with E-state index in [1.54, 1.807) is 65.0 Å². The van der Waals surface area contributed by atoms with Gasteiger partial charge in [0.2, 0.25) is 5.78 Å². The van der Waals surface area contributed by atoms with Crippen LogP contribution < -0.4 is 22.5 Å². The maximum atomic E-state index is 17.1. The minimum atomic E-state index is -5.25. The van der Waals surface area contributed by atoms with E-state index in [-0.39, 0.29) is 17.0 Å². The number of rotatable bonds is 19. The first-order chi connectivity index (χ1) is 26.5. The van der Waals surface area contributed by atoms with Crippen molar-refractivity contribution >= 4 is 35.3 Å². The van der Waals surface area contributed by atoms with Crippen LogP contribution in [0, 0.1) is 11.8 Å². The number of carbonyl (C=O) groups excluding carboxylic acids is 6. The van der Waals surface area contributed by atoms with Gasteiger partial charge in [-0.25, -0.2) is 9.78 Å². The number of alkyl carbamates (subject to hydrolysis) is 1. The molecule has 57 heavy (non-hydrogen) atoms. The number of nitrogens with zero attached hydrogens (tertiary/aromatic N) is 3. The number of benzene rings is 1. The molecule has 0 spiro atoms. The number of carbonyl (C=O) groups is 6. The lowest BCUT2D eigenvalue weighted by molar-refractivity contribution is -0.176. The molecule has 6 atom stereocenters. The Morgan fingerprint density at radius 1 is 0.947 bits per heavy atom. The quantitative estimate of drug-likeness (QED) is 0.110. The minimum Gasteiger partial charge on any atom is -0.444 e. The first-order valence-electron chi connectivity index (χ1n) is 18.6. The number of H-pyrrole nitrogens is 1. The standard InChI is InChI=1S/C40H54F2N8O7/c1-8-24(4)30(44)32(51)31(28-16-12-13-17-47-28)50(34(53)29(18-25-14-10-9-11-15-25)49-37(56)57-38(5,6)7)36(55)40(41,42)35(54)39(45,20-23(2)3)33(52)27(43)19-26-21-46-22-48-26/h9-17,21-24,27,29-31H,8,18-20,43-45H2,1-7H3,(H,46,48)(H,49,56)/t24-,27+,29-,30-,31?,39?/m0/s1. The number of pyridine rings is 1. The molecule has 0 saturated carbocycles. The molecule has 1 aromatic carbocycles. The number of hydrogen-bond donors (Lipinski definition) is 5.